The molecule has 1 fully saturated rings. The molecule has 0 aliphatic carbocycles. The van der Waals surface area contributed by atoms with Crippen molar-refractivity contribution in [3.63, 3.8) is 0 Å². The second-order valence-electron chi connectivity index (χ2n) is 9.66. The van der Waals surface area contributed by atoms with E-state index in [9.17, 15) is 22.8 Å². The van der Waals surface area contributed by atoms with E-state index >= 15 is 4.39 Å². The van der Waals surface area contributed by atoms with Gasteiger partial charge in [0.2, 0.25) is 11.9 Å². The topological polar surface area (TPSA) is 102 Å². The first-order valence-electron chi connectivity index (χ1n) is 12.1. The number of rotatable bonds is 5. The summed E-state index contributed by atoms with van der Waals surface area (Å²) >= 11 is 0. The Hall–Kier alpha value is -3.35. The zero-order chi connectivity index (χ0) is 26.5. The molecule has 0 atom stereocenters. The van der Waals surface area contributed by atoms with Crippen LogP contribution in [0.4, 0.5) is 35.0 Å². The summed E-state index contributed by atoms with van der Waals surface area (Å²) in [6.07, 6.45) is -3.16. The van der Waals surface area contributed by atoms with Crippen LogP contribution < -0.4 is 25.0 Å². The minimum atomic E-state index is -4.70. The summed E-state index contributed by atoms with van der Waals surface area (Å²) in [6.45, 7) is -0.975. The predicted molar refractivity (Wildman–Crippen MR) is 127 cm³/mol. The highest BCUT2D eigenvalue weighted by Gasteiger charge is 2.56. The number of aliphatic hydroxyl groups is 1. The summed E-state index contributed by atoms with van der Waals surface area (Å²) in [5.41, 5.74) is -1.38. The summed E-state index contributed by atoms with van der Waals surface area (Å²) in [7, 11) is 1.85. The van der Waals surface area contributed by atoms with Gasteiger partial charge in [0.05, 0.1) is 23.3 Å². The average molecular weight is 526 g/mol. The van der Waals surface area contributed by atoms with E-state index < -0.39 is 29.9 Å². The molecule has 1 aromatic heterocycles. The highest BCUT2D eigenvalue weighted by atomic mass is 19.4. The van der Waals surface area contributed by atoms with Crippen LogP contribution in [0.1, 0.15) is 30.4 Å². The number of nitrogens with zero attached hydrogens (tertiary/aromatic N) is 4. The Morgan fingerprint density at radius 3 is 2.59 bits per heavy atom. The third-order valence-electron chi connectivity index (χ3n) is 7.34. The highest BCUT2D eigenvalue weighted by Crippen LogP contribution is 2.51. The van der Waals surface area contributed by atoms with Crippen LogP contribution in [0.2, 0.25) is 0 Å². The zero-order valence-corrected chi connectivity index (χ0v) is 20.2. The quantitative estimate of drug-likeness (QED) is 0.577. The standard InChI is InChI=1S/C24H27F4N5O4/c1-31-6-2-3-15-19(31)29-22(30-20(15)35)32-7-4-23(5-8-32)18-16(25)11-14(37-10-9-34)12-17(18)33(21(23)36)13-24(26,27)28/h11-12,34H,2-10,13H2,1H3,(H,29,30,35). The third kappa shape index (κ3) is 4.38. The molecule has 9 nitrogen and oxygen atoms in total. The van der Waals surface area contributed by atoms with Gasteiger partial charge in [0, 0.05) is 44.4 Å². The van der Waals surface area contributed by atoms with Crippen LogP contribution in [0.5, 0.6) is 5.75 Å². The molecule has 37 heavy (non-hydrogen) atoms. The lowest BCUT2D eigenvalue weighted by molar-refractivity contribution is -0.135. The zero-order valence-electron chi connectivity index (χ0n) is 20.2. The summed E-state index contributed by atoms with van der Waals surface area (Å²) in [6, 6.07) is 2.25. The first-order chi connectivity index (χ1) is 17.5. The number of carbonyl (C=O) groups is 1. The van der Waals surface area contributed by atoms with E-state index in [0.717, 1.165) is 19.0 Å². The highest BCUT2D eigenvalue weighted by molar-refractivity contribution is 6.08. The SMILES string of the molecule is CN1CCCc2c1nc(N1CCC3(CC1)C(=O)N(CC(F)(F)F)c1cc(OCCO)cc(F)c13)[nH]c2=O. The number of ether oxygens (including phenoxy) is 1. The van der Waals surface area contributed by atoms with Crippen molar-refractivity contribution >= 4 is 23.4 Å². The lowest BCUT2D eigenvalue weighted by Gasteiger charge is -2.39. The summed E-state index contributed by atoms with van der Waals surface area (Å²) in [5, 5.41) is 8.99. The number of aromatic nitrogens is 2. The number of halogens is 4. The Kier molecular flexibility index (Phi) is 6.29. The number of hydrogen-bond donors (Lipinski definition) is 2. The van der Waals surface area contributed by atoms with E-state index in [1.807, 2.05) is 11.9 Å². The Bertz CT molecular complexity index is 1270. The van der Waals surface area contributed by atoms with Crippen molar-refractivity contribution in [2.24, 2.45) is 0 Å². The van der Waals surface area contributed by atoms with Crippen LogP contribution in [0.25, 0.3) is 0 Å². The van der Waals surface area contributed by atoms with Gasteiger partial charge in [0.15, 0.2) is 0 Å². The van der Waals surface area contributed by atoms with E-state index in [4.69, 9.17) is 9.84 Å². The number of benzene rings is 1. The van der Waals surface area contributed by atoms with Gasteiger partial charge in [-0.3, -0.25) is 14.6 Å². The van der Waals surface area contributed by atoms with Crippen molar-refractivity contribution in [2.75, 3.05) is 61.1 Å². The van der Waals surface area contributed by atoms with Gasteiger partial charge in [-0.15, -0.1) is 0 Å². The van der Waals surface area contributed by atoms with Crippen molar-refractivity contribution in [1.29, 1.82) is 0 Å². The number of aliphatic hydroxyl groups excluding tert-OH is 1. The molecule has 1 aromatic carbocycles. The number of aromatic amines is 1. The van der Waals surface area contributed by atoms with Crippen molar-refractivity contribution in [1.82, 2.24) is 9.97 Å². The summed E-state index contributed by atoms with van der Waals surface area (Å²) in [4.78, 5) is 37.8. The van der Waals surface area contributed by atoms with Gasteiger partial charge >= 0.3 is 6.18 Å². The number of nitrogens with one attached hydrogen (secondary N) is 1. The molecule has 200 valence electrons. The monoisotopic (exact) mass is 525 g/mol. The molecule has 3 aliphatic heterocycles. The van der Waals surface area contributed by atoms with Crippen LogP contribution in [0, 0.1) is 5.82 Å². The van der Waals surface area contributed by atoms with E-state index in [0.29, 0.717) is 28.7 Å². The number of H-pyrrole nitrogens is 1. The van der Waals surface area contributed by atoms with E-state index in [-0.39, 0.29) is 61.7 Å². The molecule has 2 aromatic rings. The number of anilines is 3. The Balaban J connectivity index is 1.48. The molecule has 0 radical (unpaired) electrons. The van der Waals surface area contributed by atoms with E-state index in [1.165, 1.54) is 6.07 Å². The van der Waals surface area contributed by atoms with E-state index in [2.05, 4.69) is 9.97 Å². The maximum absolute atomic E-state index is 15.4. The second kappa shape index (κ2) is 9.19. The fraction of sp³-hybridized carbons (Fsp3) is 0.542. The predicted octanol–water partition coefficient (Wildman–Crippen LogP) is 2.11. The first-order valence-corrected chi connectivity index (χ1v) is 12.1. The number of alkyl halides is 3. The molecule has 1 amide bonds. The molecule has 1 spiro atoms. The maximum Gasteiger partial charge on any atom is 0.406 e. The normalized spacial score (nSPS) is 18.9. The molecule has 5 rings (SSSR count). The fourth-order valence-electron chi connectivity index (χ4n) is 5.64. The van der Waals surface area contributed by atoms with Gasteiger partial charge in [-0.1, -0.05) is 0 Å². The number of carbonyl (C=O) groups excluding carboxylic acids is 1. The van der Waals surface area contributed by atoms with Gasteiger partial charge in [0.25, 0.3) is 5.56 Å². The molecule has 2 N–H and O–H groups in total. The third-order valence-corrected chi connectivity index (χ3v) is 7.34. The molecule has 3 aliphatic rings. The molecule has 0 bridgehead atoms. The van der Waals surface area contributed by atoms with Gasteiger partial charge < -0.3 is 24.5 Å². The fourth-order valence-corrected chi connectivity index (χ4v) is 5.64. The lowest BCUT2D eigenvalue weighted by atomic mass is 9.73. The minimum absolute atomic E-state index is 0.0393. The molecule has 1 saturated heterocycles. The number of hydrogen-bond acceptors (Lipinski definition) is 7. The van der Waals surface area contributed by atoms with Gasteiger partial charge in [-0.05, 0) is 25.7 Å². The molecule has 0 saturated carbocycles. The van der Waals surface area contributed by atoms with Gasteiger partial charge in [-0.25, -0.2) is 4.39 Å². The smallest absolute Gasteiger partial charge is 0.406 e. The van der Waals surface area contributed by atoms with Crippen LogP contribution >= 0.6 is 0 Å². The average Bonchev–Trinajstić information content (AvgIpc) is 3.05. The van der Waals surface area contributed by atoms with Crippen LogP contribution in [0.3, 0.4) is 0 Å². The molecular formula is C24H27F4N5O4. The Morgan fingerprint density at radius 1 is 1.19 bits per heavy atom. The molecule has 0 unspecified atom stereocenters. The first kappa shape index (κ1) is 25.3. The largest absolute Gasteiger partial charge is 0.491 e. The van der Waals surface area contributed by atoms with Gasteiger partial charge in [-0.2, -0.15) is 18.2 Å². The van der Waals surface area contributed by atoms with Crippen molar-refractivity contribution in [3.8, 4) is 5.75 Å². The van der Waals surface area contributed by atoms with Crippen LogP contribution in [-0.4, -0.2) is 73.6 Å². The number of piperidine rings is 1. The van der Waals surface area contributed by atoms with Crippen molar-refractivity contribution in [3.05, 3.63) is 39.4 Å². The molecule has 13 heteroatoms. The number of fused-ring (bicyclic) bond motifs is 3. The lowest BCUT2D eigenvalue weighted by Crippen LogP contribution is -2.51. The second-order valence-corrected chi connectivity index (χ2v) is 9.66. The van der Waals surface area contributed by atoms with Gasteiger partial charge in [0.1, 0.15) is 30.5 Å². The number of amides is 1. The molecule has 4 heterocycles. The maximum atomic E-state index is 15.4. The van der Waals surface area contributed by atoms with Crippen molar-refractivity contribution < 1.29 is 32.2 Å². The van der Waals surface area contributed by atoms with Crippen LogP contribution in [-0.2, 0) is 16.6 Å². The Labute approximate surface area is 209 Å². The Morgan fingerprint density at radius 2 is 1.92 bits per heavy atom. The summed E-state index contributed by atoms with van der Waals surface area (Å²) < 4.78 is 60.9. The van der Waals surface area contributed by atoms with Crippen LogP contribution in [0.15, 0.2) is 16.9 Å². The van der Waals surface area contributed by atoms with Crippen molar-refractivity contribution in [2.45, 2.75) is 37.3 Å². The molecular weight excluding hydrogens is 498 g/mol. The minimum Gasteiger partial charge on any atom is -0.491 e. The van der Waals surface area contributed by atoms with E-state index in [1.54, 1.807) is 4.90 Å². The summed E-state index contributed by atoms with van der Waals surface area (Å²) in [5.74, 6) is -0.813.